The Morgan fingerprint density at radius 3 is 2.59 bits per heavy atom. The summed E-state index contributed by atoms with van der Waals surface area (Å²) in [6, 6.07) is 6.13. The fraction of sp³-hybridized carbons (Fsp3) is 0.474. The number of carbonyl (C=O) groups is 2. The fourth-order valence-electron chi connectivity index (χ4n) is 3.26. The maximum absolute atomic E-state index is 12.4. The molecule has 0 unspecified atom stereocenters. The summed E-state index contributed by atoms with van der Waals surface area (Å²) in [6.07, 6.45) is 5.63. The van der Waals surface area contributed by atoms with E-state index in [1.54, 1.807) is 19.1 Å². The van der Waals surface area contributed by atoms with Gasteiger partial charge in [0.1, 0.15) is 4.88 Å². The van der Waals surface area contributed by atoms with Crippen molar-refractivity contribution >= 4 is 39.0 Å². The van der Waals surface area contributed by atoms with Crippen LogP contribution in [0.15, 0.2) is 24.3 Å². The lowest BCUT2D eigenvalue weighted by Crippen LogP contribution is -2.41. The van der Waals surface area contributed by atoms with Crippen molar-refractivity contribution in [2.75, 3.05) is 0 Å². The van der Waals surface area contributed by atoms with Crippen LogP contribution in [0.4, 0.5) is 5.69 Å². The first-order valence-corrected chi connectivity index (χ1v) is 9.95. The molecule has 0 spiro atoms. The zero-order chi connectivity index (χ0) is 19.4. The number of nitro benzene ring substituents is 1. The van der Waals surface area contributed by atoms with E-state index in [1.165, 1.54) is 36.3 Å². The largest absolute Gasteiger partial charge is 0.448 e. The van der Waals surface area contributed by atoms with Gasteiger partial charge in [0.2, 0.25) is 0 Å². The SMILES string of the molecule is C[C@H](OC(=O)c1cc2cc([N+](=O)[O-])ccc2s1)C(=O)NC1CCCCCC1. The zero-order valence-corrected chi connectivity index (χ0v) is 15.9. The normalized spacial score (nSPS) is 16.5. The highest BCUT2D eigenvalue weighted by Crippen LogP contribution is 2.29. The van der Waals surface area contributed by atoms with Crippen molar-refractivity contribution in [3.8, 4) is 0 Å². The molecule has 1 atom stereocenters. The van der Waals surface area contributed by atoms with E-state index < -0.39 is 17.0 Å². The smallest absolute Gasteiger partial charge is 0.349 e. The molecule has 3 rings (SSSR count). The van der Waals surface area contributed by atoms with E-state index in [9.17, 15) is 19.7 Å². The van der Waals surface area contributed by atoms with Gasteiger partial charge in [-0.05, 0) is 31.9 Å². The topological polar surface area (TPSA) is 98.5 Å². The van der Waals surface area contributed by atoms with Crippen molar-refractivity contribution in [3.05, 3.63) is 39.3 Å². The second kappa shape index (κ2) is 8.47. The molecule has 0 radical (unpaired) electrons. The van der Waals surface area contributed by atoms with E-state index in [2.05, 4.69) is 5.32 Å². The van der Waals surface area contributed by atoms with E-state index in [1.807, 2.05) is 0 Å². The second-order valence-corrected chi connectivity index (χ2v) is 7.92. The average molecular weight is 390 g/mol. The number of benzene rings is 1. The Bertz CT molecular complexity index is 855. The Morgan fingerprint density at radius 2 is 1.93 bits per heavy atom. The van der Waals surface area contributed by atoms with Crippen LogP contribution in [-0.2, 0) is 9.53 Å². The molecule has 0 saturated heterocycles. The van der Waals surface area contributed by atoms with Gasteiger partial charge in [0.05, 0.1) is 4.92 Å². The molecule has 8 heteroatoms. The summed E-state index contributed by atoms with van der Waals surface area (Å²) < 4.78 is 6.06. The van der Waals surface area contributed by atoms with Crippen LogP contribution in [0.3, 0.4) is 0 Å². The molecule has 1 saturated carbocycles. The number of hydrogen-bond acceptors (Lipinski definition) is 6. The number of fused-ring (bicyclic) bond motifs is 1. The predicted octanol–water partition coefficient (Wildman–Crippen LogP) is 4.19. The van der Waals surface area contributed by atoms with Crippen LogP contribution in [0, 0.1) is 10.1 Å². The van der Waals surface area contributed by atoms with Gasteiger partial charge in [-0.1, -0.05) is 25.7 Å². The van der Waals surface area contributed by atoms with Crippen molar-refractivity contribution < 1.29 is 19.2 Å². The molecule has 0 bridgehead atoms. The van der Waals surface area contributed by atoms with Crippen LogP contribution < -0.4 is 5.32 Å². The van der Waals surface area contributed by atoms with E-state index >= 15 is 0 Å². The molecule has 1 aromatic heterocycles. The van der Waals surface area contributed by atoms with Gasteiger partial charge >= 0.3 is 5.97 Å². The first-order valence-electron chi connectivity index (χ1n) is 9.13. The summed E-state index contributed by atoms with van der Waals surface area (Å²) in [5.41, 5.74) is -0.0311. The van der Waals surface area contributed by atoms with Gasteiger partial charge in [0.25, 0.3) is 11.6 Å². The highest BCUT2D eigenvalue weighted by molar-refractivity contribution is 7.20. The molecule has 1 fully saturated rings. The maximum Gasteiger partial charge on any atom is 0.349 e. The summed E-state index contributed by atoms with van der Waals surface area (Å²) in [7, 11) is 0. The second-order valence-electron chi connectivity index (χ2n) is 6.83. The molecule has 1 heterocycles. The Morgan fingerprint density at radius 1 is 1.22 bits per heavy atom. The lowest BCUT2D eigenvalue weighted by molar-refractivity contribution is -0.384. The van der Waals surface area contributed by atoms with Gasteiger partial charge in [-0.25, -0.2) is 4.79 Å². The number of non-ortho nitro benzene ring substituents is 1. The number of nitrogens with one attached hydrogen (secondary N) is 1. The Hall–Kier alpha value is -2.48. The van der Waals surface area contributed by atoms with Crippen LogP contribution in [0.2, 0.25) is 0 Å². The first kappa shape index (κ1) is 19.3. The van der Waals surface area contributed by atoms with Crippen LogP contribution in [0.1, 0.15) is 55.1 Å². The van der Waals surface area contributed by atoms with Gasteiger partial charge in [0.15, 0.2) is 6.10 Å². The Labute approximate surface area is 160 Å². The van der Waals surface area contributed by atoms with E-state index in [0.29, 0.717) is 10.3 Å². The predicted molar refractivity (Wildman–Crippen MR) is 103 cm³/mol. The van der Waals surface area contributed by atoms with Gasteiger partial charge < -0.3 is 10.1 Å². The summed E-state index contributed by atoms with van der Waals surface area (Å²) in [4.78, 5) is 35.4. The Balaban J connectivity index is 1.62. The van der Waals surface area contributed by atoms with Crippen LogP contribution in [-0.4, -0.2) is 28.9 Å². The molecule has 144 valence electrons. The fourth-order valence-corrected chi connectivity index (χ4v) is 4.19. The standard InChI is InChI=1S/C19H22N2O5S/c1-12(18(22)20-14-6-4-2-3-5-7-14)26-19(23)17-11-13-10-15(21(24)25)8-9-16(13)27-17/h8-12,14H,2-7H2,1H3,(H,20,22)/t12-/m0/s1. The van der Waals surface area contributed by atoms with Crippen LogP contribution in [0.5, 0.6) is 0 Å². The molecule has 1 N–H and O–H groups in total. The lowest BCUT2D eigenvalue weighted by atomic mass is 10.1. The van der Waals surface area contributed by atoms with E-state index in [4.69, 9.17) is 4.74 Å². The molecule has 7 nitrogen and oxygen atoms in total. The maximum atomic E-state index is 12.4. The van der Waals surface area contributed by atoms with Crippen molar-refractivity contribution in [3.63, 3.8) is 0 Å². The minimum Gasteiger partial charge on any atom is -0.448 e. The molecular formula is C19H22N2O5S. The summed E-state index contributed by atoms with van der Waals surface area (Å²) >= 11 is 1.19. The number of thiophene rings is 1. The number of nitrogens with zero attached hydrogens (tertiary/aromatic N) is 1. The number of rotatable bonds is 5. The highest BCUT2D eigenvalue weighted by Gasteiger charge is 2.23. The third kappa shape index (κ3) is 4.82. The minimum atomic E-state index is -0.889. The average Bonchev–Trinajstić information content (AvgIpc) is 2.91. The van der Waals surface area contributed by atoms with Crippen molar-refractivity contribution in [1.29, 1.82) is 0 Å². The van der Waals surface area contributed by atoms with Crippen molar-refractivity contribution in [2.24, 2.45) is 0 Å². The van der Waals surface area contributed by atoms with E-state index in [-0.39, 0.29) is 17.6 Å². The summed E-state index contributed by atoms with van der Waals surface area (Å²) in [5.74, 6) is -0.880. The molecule has 1 aromatic carbocycles. The molecule has 1 aliphatic carbocycles. The van der Waals surface area contributed by atoms with Crippen LogP contribution >= 0.6 is 11.3 Å². The van der Waals surface area contributed by atoms with Crippen LogP contribution in [0.25, 0.3) is 10.1 Å². The van der Waals surface area contributed by atoms with Gasteiger partial charge in [-0.2, -0.15) is 0 Å². The molecule has 0 aliphatic heterocycles. The monoisotopic (exact) mass is 390 g/mol. The molecule has 27 heavy (non-hydrogen) atoms. The quantitative estimate of drug-likeness (QED) is 0.357. The third-order valence-electron chi connectivity index (χ3n) is 4.77. The number of esters is 1. The number of ether oxygens (including phenoxy) is 1. The van der Waals surface area contributed by atoms with E-state index in [0.717, 1.165) is 30.4 Å². The minimum absolute atomic E-state index is 0.0311. The number of amides is 1. The summed E-state index contributed by atoms with van der Waals surface area (Å²) in [5, 5.41) is 14.4. The molecular weight excluding hydrogens is 368 g/mol. The van der Waals surface area contributed by atoms with Gasteiger partial charge in [0, 0.05) is 28.3 Å². The van der Waals surface area contributed by atoms with Gasteiger partial charge in [-0.15, -0.1) is 11.3 Å². The molecule has 2 aromatic rings. The number of hydrogen-bond donors (Lipinski definition) is 1. The number of nitro groups is 1. The third-order valence-corrected chi connectivity index (χ3v) is 5.86. The lowest BCUT2D eigenvalue weighted by Gasteiger charge is -2.19. The van der Waals surface area contributed by atoms with Gasteiger partial charge in [-0.3, -0.25) is 14.9 Å². The molecule has 1 aliphatic rings. The van der Waals surface area contributed by atoms with Crippen molar-refractivity contribution in [2.45, 2.75) is 57.6 Å². The number of carbonyl (C=O) groups excluding carboxylic acids is 2. The highest BCUT2D eigenvalue weighted by atomic mass is 32.1. The van der Waals surface area contributed by atoms with Crippen molar-refractivity contribution in [1.82, 2.24) is 5.32 Å². The summed E-state index contributed by atoms with van der Waals surface area (Å²) in [6.45, 7) is 1.56. The first-order chi connectivity index (χ1) is 12.9. The molecule has 1 amide bonds. The Kier molecular flexibility index (Phi) is 6.05. The zero-order valence-electron chi connectivity index (χ0n) is 15.1.